The zero-order chi connectivity index (χ0) is 9.97. The fourth-order valence-electron chi connectivity index (χ4n) is 1.71. The summed E-state index contributed by atoms with van der Waals surface area (Å²) in [7, 11) is 0. The first-order chi connectivity index (χ1) is 6.75. The van der Waals surface area contributed by atoms with Crippen LogP contribution < -0.4 is 5.32 Å². The summed E-state index contributed by atoms with van der Waals surface area (Å²) in [6, 6.07) is 8.04. The highest BCUT2D eigenvalue weighted by Gasteiger charge is 2.27. The van der Waals surface area contributed by atoms with Crippen LogP contribution in [0.15, 0.2) is 24.3 Å². The van der Waals surface area contributed by atoms with Gasteiger partial charge in [-0.3, -0.25) is 0 Å². The Bertz CT molecular complexity index is 307. The zero-order valence-electron chi connectivity index (χ0n) is 8.53. The third kappa shape index (κ3) is 2.48. The van der Waals surface area contributed by atoms with E-state index in [2.05, 4.69) is 12.2 Å². The molecular weight excluding hydrogens is 174 g/mol. The number of hydrogen-bond acceptors (Lipinski definition) is 2. The molecule has 2 N–H and O–H groups in total. The molecule has 1 aliphatic rings. The minimum atomic E-state index is 0.350. The molecule has 0 bridgehead atoms. The topological polar surface area (TPSA) is 32.3 Å². The van der Waals surface area contributed by atoms with Crippen molar-refractivity contribution >= 4 is 0 Å². The molecular formula is C12H17NO. The largest absolute Gasteiger partial charge is 0.508 e. The van der Waals surface area contributed by atoms with Crippen LogP contribution in [0.2, 0.25) is 0 Å². The Hall–Kier alpha value is -1.02. The maximum atomic E-state index is 9.27. The summed E-state index contributed by atoms with van der Waals surface area (Å²) in [5.41, 5.74) is 1.15. The Labute approximate surface area is 85.0 Å². The Morgan fingerprint density at radius 3 is 2.93 bits per heavy atom. The van der Waals surface area contributed by atoms with Gasteiger partial charge in [-0.1, -0.05) is 12.1 Å². The van der Waals surface area contributed by atoms with Gasteiger partial charge in [-0.05, 0) is 43.4 Å². The molecule has 0 unspecified atom stereocenters. The highest BCUT2D eigenvalue weighted by atomic mass is 16.3. The molecule has 0 heterocycles. The Kier molecular flexibility index (Phi) is 2.73. The highest BCUT2D eigenvalue weighted by Crippen LogP contribution is 2.32. The third-order valence-electron chi connectivity index (χ3n) is 2.87. The van der Waals surface area contributed by atoms with Crippen LogP contribution in [0.4, 0.5) is 0 Å². The van der Waals surface area contributed by atoms with Crippen molar-refractivity contribution in [2.75, 3.05) is 0 Å². The first-order valence-corrected chi connectivity index (χ1v) is 5.27. The second-order valence-electron chi connectivity index (χ2n) is 4.18. The van der Waals surface area contributed by atoms with Crippen molar-refractivity contribution in [2.24, 2.45) is 5.92 Å². The van der Waals surface area contributed by atoms with Gasteiger partial charge in [0.1, 0.15) is 5.75 Å². The summed E-state index contributed by atoms with van der Waals surface area (Å²) in [6.07, 6.45) is 2.74. The molecule has 0 saturated heterocycles. The van der Waals surface area contributed by atoms with Gasteiger partial charge in [-0.2, -0.15) is 0 Å². The monoisotopic (exact) mass is 191 g/mol. The van der Waals surface area contributed by atoms with Crippen molar-refractivity contribution < 1.29 is 5.11 Å². The van der Waals surface area contributed by atoms with Crippen LogP contribution in [-0.4, -0.2) is 11.1 Å². The van der Waals surface area contributed by atoms with Gasteiger partial charge in [-0.15, -0.1) is 0 Å². The summed E-state index contributed by atoms with van der Waals surface area (Å²) in [5.74, 6) is 1.23. The van der Waals surface area contributed by atoms with Crippen molar-refractivity contribution in [1.29, 1.82) is 0 Å². The number of aromatic hydroxyl groups is 1. The first-order valence-electron chi connectivity index (χ1n) is 5.27. The van der Waals surface area contributed by atoms with Crippen molar-refractivity contribution in [3.8, 4) is 5.75 Å². The number of rotatable bonds is 4. The van der Waals surface area contributed by atoms with E-state index in [0.29, 0.717) is 11.8 Å². The predicted octanol–water partition coefficient (Wildman–Crippen LogP) is 2.28. The molecule has 1 aliphatic carbocycles. The SMILES string of the molecule is C[C@@H](NCc1cccc(O)c1)C1CC1. The summed E-state index contributed by atoms with van der Waals surface area (Å²) >= 11 is 0. The molecule has 0 amide bonds. The van der Waals surface area contributed by atoms with Gasteiger partial charge in [0, 0.05) is 12.6 Å². The van der Waals surface area contributed by atoms with E-state index in [9.17, 15) is 5.11 Å². The maximum absolute atomic E-state index is 9.27. The minimum absolute atomic E-state index is 0.350. The average molecular weight is 191 g/mol. The molecule has 0 radical (unpaired) electrons. The molecule has 2 nitrogen and oxygen atoms in total. The van der Waals surface area contributed by atoms with Crippen LogP contribution in [-0.2, 0) is 6.54 Å². The normalized spacial score (nSPS) is 18.1. The summed E-state index contributed by atoms with van der Waals surface area (Å²) in [6.45, 7) is 3.09. The lowest BCUT2D eigenvalue weighted by atomic mass is 10.1. The molecule has 1 atom stereocenters. The number of nitrogens with one attached hydrogen (secondary N) is 1. The van der Waals surface area contributed by atoms with Gasteiger partial charge in [0.05, 0.1) is 0 Å². The van der Waals surface area contributed by atoms with Crippen LogP contribution in [0.3, 0.4) is 0 Å². The van der Waals surface area contributed by atoms with E-state index in [1.165, 1.54) is 12.8 Å². The Morgan fingerprint density at radius 2 is 2.29 bits per heavy atom. The summed E-state index contributed by atoms with van der Waals surface area (Å²) in [5, 5.41) is 12.7. The lowest BCUT2D eigenvalue weighted by Gasteiger charge is -2.12. The Morgan fingerprint density at radius 1 is 1.50 bits per heavy atom. The molecule has 1 saturated carbocycles. The van der Waals surface area contributed by atoms with E-state index in [0.717, 1.165) is 18.0 Å². The second kappa shape index (κ2) is 4.01. The van der Waals surface area contributed by atoms with Crippen LogP contribution in [0.1, 0.15) is 25.3 Å². The maximum Gasteiger partial charge on any atom is 0.115 e. The predicted molar refractivity (Wildman–Crippen MR) is 57.1 cm³/mol. The average Bonchev–Trinajstić information content (AvgIpc) is 2.97. The highest BCUT2D eigenvalue weighted by molar-refractivity contribution is 5.26. The number of phenolic OH excluding ortho intramolecular Hbond substituents is 1. The Balaban J connectivity index is 1.84. The van der Waals surface area contributed by atoms with Crippen molar-refractivity contribution in [3.63, 3.8) is 0 Å². The lowest BCUT2D eigenvalue weighted by molar-refractivity contribution is 0.470. The van der Waals surface area contributed by atoms with Gasteiger partial charge < -0.3 is 10.4 Å². The first kappa shape index (κ1) is 9.53. The fourth-order valence-corrected chi connectivity index (χ4v) is 1.71. The molecule has 76 valence electrons. The van der Waals surface area contributed by atoms with Crippen molar-refractivity contribution in [1.82, 2.24) is 5.32 Å². The van der Waals surface area contributed by atoms with Gasteiger partial charge >= 0.3 is 0 Å². The number of benzene rings is 1. The summed E-state index contributed by atoms with van der Waals surface area (Å²) in [4.78, 5) is 0. The summed E-state index contributed by atoms with van der Waals surface area (Å²) < 4.78 is 0. The van der Waals surface area contributed by atoms with Gasteiger partial charge in [0.15, 0.2) is 0 Å². The van der Waals surface area contributed by atoms with Crippen molar-refractivity contribution in [3.05, 3.63) is 29.8 Å². The zero-order valence-corrected chi connectivity index (χ0v) is 8.53. The van der Waals surface area contributed by atoms with Crippen molar-refractivity contribution in [2.45, 2.75) is 32.4 Å². The van der Waals surface area contributed by atoms with Gasteiger partial charge in [0.25, 0.3) is 0 Å². The minimum Gasteiger partial charge on any atom is -0.508 e. The molecule has 0 aromatic heterocycles. The lowest BCUT2D eigenvalue weighted by Crippen LogP contribution is -2.27. The van der Waals surface area contributed by atoms with Crippen LogP contribution >= 0.6 is 0 Å². The van der Waals surface area contributed by atoms with E-state index >= 15 is 0 Å². The molecule has 1 aromatic rings. The van der Waals surface area contributed by atoms with Crippen LogP contribution in [0.5, 0.6) is 5.75 Å². The number of phenols is 1. The fraction of sp³-hybridized carbons (Fsp3) is 0.500. The van der Waals surface area contributed by atoms with E-state index in [1.807, 2.05) is 18.2 Å². The van der Waals surface area contributed by atoms with Crippen LogP contribution in [0.25, 0.3) is 0 Å². The van der Waals surface area contributed by atoms with E-state index in [1.54, 1.807) is 6.07 Å². The smallest absolute Gasteiger partial charge is 0.115 e. The second-order valence-corrected chi connectivity index (χ2v) is 4.18. The number of hydrogen-bond donors (Lipinski definition) is 2. The third-order valence-corrected chi connectivity index (χ3v) is 2.87. The van der Waals surface area contributed by atoms with E-state index in [-0.39, 0.29) is 0 Å². The molecule has 14 heavy (non-hydrogen) atoms. The molecule has 0 aliphatic heterocycles. The quantitative estimate of drug-likeness (QED) is 0.765. The van der Waals surface area contributed by atoms with Gasteiger partial charge in [0.2, 0.25) is 0 Å². The molecule has 1 fully saturated rings. The van der Waals surface area contributed by atoms with Gasteiger partial charge in [-0.25, -0.2) is 0 Å². The van der Waals surface area contributed by atoms with E-state index < -0.39 is 0 Å². The molecule has 2 rings (SSSR count). The molecule has 0 spiro atoms. The molecule has 2 heteroatoms. The molecule has 1 aromatic carbocycles. The standard InChI is InChI=1S/C12H17NO/c1-9(11-5-6-11)13-8-10-3-2-4-12(14)7-10/h2-4,7,9,11,13-14H,5-6,8H2,1H3/t9-/m1/s1. The van der Waals surface area contributed by atoms with E-state index in [4.69, 9.17) is 0 Å². The van der Waals surface area contributed by atoms with Crippen LogP contribution in [0, 0.1) is 5.92 Å².